The van der Waals surface area contributed by atoms with E-state index in [1.807, 2.05) is 6.92 Å². The predicted octanol–water partition coefficient (Wildman–Crippen LogP) is 3.75. The summed E-state index contributed by atoms with van der Waals surface area (Å²) >= 11 is 5.73. The quantitative estimate of drug-likeness (QED) is 0.641. The Morgan fingerprint density at radius 1 is 1.39 bits per heavy atom. The maximum atomic E-state index is 11.9. The molecule has 0 saturated heterocycles. The van der Waals surface area contributed by atoms with Crippen LogP contribution in [0.25, 0.3) is 0 Å². The molecule has 1 heterocycles. The molecule has 3 nitrogen and oxygen atoms in total. The average molecular weight is 300 g/mol. The van der Waals surface area contributed by atoms with Gasteiger partial charge in [0.25, 0.3) is 0 Å². The van der Waals surface area contributed by atoms with Gasteiger partial charge < -0.3 is 5.32 Å². The van der Waals surface area contributed by atoms with E-state index in [2.05, 4.69) is 15.3 Å². The lowest BCUT2D eigenvalue weighted by Gasteiger charge is -2.08. The molecule has 1 rings (SSSR count). The molecule has 18 heavy (non-hydrogen) atoms. The van der Waals surface area contributed by atoms with Gasteiger partial charge in [-0.15, -0.1) is 0 Å². The van der Waals surface area contributed by atoms with Gasteiger partial charge in [0.2, 0.25) is 0 Å². The van der Waals surface area contributed by atoms with Crippen LogP contribution in [-0.2, 0) is 6.42 Å². The van der Waals surface area contributed by atoms with Gasteiger partial charge in [0.1, 0.15) is 16.8 Å². The third kappa shape index (κ3) is 6.30. The summed E-state index contributed by atoms with van der Waals surface area (Å²) in [7, 11) is 0. The van der Waals surface area contributed by atoms with Gasteiger partial charge in [-0.2, -0.15) is 13.2 Å². The third-order valence-electron chi connectivity index (χ3n) is 1.89. The summed E-state index contributed by atoms with van der Waals surface area (Å²) in [6.45, 7) is 2.15. The number of hydrogen-bond acceptors (Lipinski definition) is 4. The van der Waals surface area contributed by atoms with Crippen molar-refractivity contribution in [2.45, 2.75) is 25.3 Å². The number of rotatable bonds is 6. The molecule has 0 amide bonds. The van der Waals surface area contributed by atoms with Gasteiger partial charge in [0.05, 0.1) is 0 Å². The van der Waals surface area contributed by atoms with E-state index in [1.54, 1.807) is 0 Å². The number of nitrogens with one attached hydrogen (secondary N) is 1. The molecular formula is C10H13ClF3N3S. The number of nitrogens with zero attached hydrogens (tertiary/aromatic N) is 2. The van der Waals surface area contributed by atoms with Gasteiger partial charge in [-0.3, -0.25) is 0 Å². The van der Waals surface area contributed by atoms with Crippen LogP contribution in [0.1, 0.15) is 19.2 Å². The zero-order chi connectivity index (χ0) is 13.6. The van der Waals surface area contributed by atoms with E-state index in [-0.39, 0.29) is 24.1 Å². The molecule has 1 aromatic rings. The molecule has 1 N–H and O–H groups in total. The Morgan fingerprint density at radius 3 is 2.72 bits per heavy atom. The Hall–Kier alpha value is -0.690. The lowest BCUT2D eigenvalue weighted by Crippen LogP contribution is -2.11. The fraction of sp³-hybridized carbons (Fsp3) is 0.600. The third-order valence-corrected chi connectivity index (χ3v) is 2.82. The van der Waals surface area contributed by atoms with Gasteiger partial charge in [-0.25, -0.2) is 9.97 Å². The largest absolute Gasteiger partial charge is 0.441 e. The van der Waals surface area contributed by atoms with Crippen LogP contribution in [0.3, 0.4) is 0 Å². The van der Waals surface area contributed by atoms with Gasteiger partial charge >= 0.3 is 5.51 Å². The first-order valence-corrected chi connectivity index (χ1v) is 6.75. The SMILES string of the molecule is CCCc1nc(Cl)cc(NCCSC(F)(F)F)n1. The van der Waals surface area contributed by atoms with E-state index in [0.717, 1.165) is 6.42 Å². The van der Waals surface area contributed by atoms with Crippen LogP contribution in [0.5, 0.6) is 0 Å². The van der Waals surface area contributed by atoms with Gasteiger partial charge in [0.15, 0.2) is 0 Å². The van der Waals surface area contributed by atoms with Crippen LogP contribution >= 0.6 is 23.4 Å². The molecule has 0 fully saturated rings. The maximum absolute atomic E-state index is 11.9. The Kier molecular flexibility index (Phi) is 6.01. The van der Waals surface area contributed by atoms with E-state index >= 15 is 0 Å². The molecule has 102 valence electrons. The molecule has 0 radical (unpaired) electrons. The minimum Gasteiger partial charge on any atom is -0.369 e. The second-order valence-corrected chi connectivity index (χ2v) is 5.01. The molecule has 0 spiro atoms. The molecule has 0 unspecified atom stereocenters. The second kappa shape index (κ2) is 7.04. The monoisotopic (exact) mass is 299 g/mol. The van der Waals surface area contributed by atoms with Crippen LogP contribution in [0.2, 0.25) is 5.15 Å². The van der Waals surface area contributed by atoms with Gasteiger partial charge in [0, 0.05) is 24.8 Å². The van der Waals surface area contributed by atoms with Crippen LogP contribution in [0.15, 0.2) is 6.07 Å². The molecule has 0 aromatic carbocycles. The molecule has 0 saturated carbocycles. The number of aryl methyl sites for hydroxylation is 1. The van der Waals surface area contributed by atoms with Crippen molar-refractivity contribution in [3.05, 3.63) is 17.0 Å². The van der Waals surface area contributed by atoms with Crippen LogP contribution in [0.4, 0.5) is 19.0 Å². The number of alkyl halides is 3. The molecule has 0 aliphatic heterocycles. The van der Waals surface area contributed by atoms with Crippen LogP contribution < -0.4 is 5.32 Å². The van der Waals surface area contributed by atoms with Crippen molar-refractivity contribution >= 4 is 29.2 Å². The van der Waals surface area contributed by atoms with Crippen molar-refractivity contribution < 1.29 is 13.2 Å². The van der Waals surface area contributed by atoms with E-state index in [9.17, 15) is 13.2 Å². The Bertz CT molecular complexity index is 387. The number of aromatic nitrogens is 2. The van der Waals surface area contributed by atoms with Crippen molar-refractivity contribution in [2.24, 2.45) is 0 Å². The summed E-state index contributed by atoms with van der Waals surface area (Å²) < 4.78 is 35.7. The Morgan fingerprint density at radius 2 is 2.11 bits per heavy atom. The average Bonchev–Trinajstić information content (AvgIpc) is 2.23. The lowest BCUT2D eigenvalue weighted by atomic mass is 10.3. The number of halogens is 4. The van der Waals surface area contributed by atoms with Crippen molar-refractivity contribution in [2.75, 3.05) is 17.6 Å². The standard InChI is InChI=1S/C10H13ClF3N3S/c1-2-3-8-16-7(11)6-9(17-8)15-4-5-18-10(12,13)14/h6H,2-5H2,1H3,(H,15,16,17). The number of thioether (sulfide) groups is 1. The smallest absolute Gasteiger partial charge is 0.369 e. The molecule has 1 aromatic heterocycles. The summed E-state index contributed by atoms with van der Waals surface area (Å²) in [5, 5.41) is 3.09. The summed E-state index contributed by atoms with van der Waals surface area (Å²) in [4.78, 5) is 8.18. The van der Waals surface area contributed by atoms with Crippen molar-refractivity contribution in [3.63, 3.8) is 0 Å². The van der Waals surface area contributed by atoms with E-state index in [0.29, 0.717) is 23.2 Å². The fourth-order valence-corrected chi connectivity index (χ4v) is 1.87. The zero-order valence-electron chi connectivity index (χ0n) is 9.72. The molecule has 8 heteroatoms. The highest BCUT2D eigenvalue weighted by Crippen LogP contribution is 2.29. The predicted molar refractivity (Wildman–Crippen MR) is 68.0 cm³/mol. The first-order chi connectivity index (χ1) is 8.40. The van der Waals surface area contributed by atoms with E-state index in [4.69, 9.17) is 11.6 Å². The summed E-state index contributed by atoms with van der Waals surface area (Å²) in [5.41, 5.74) is -4.20. The highest BCUT2D eigenvalue weighted by atomic mass is 35.5. The molecule has 0 aliphatic rings. The highest BCUT2D eigenvalue weighted by Gasteiger charge is 2.27. The van der Waals surface area contributed by atoms with Crippen LogP contribution in [-0.4, -0.2) is 27.8 Å². The minimum absolute atomic E-state index is 0.0674. The Balaban J connectivity index is 2.46. The molecule has 0 bridgehead atoms. The van der Waals surface area contributed by atoms with Crippen LogP contribution in [0, 0.1) is 0 Å². The normalized spacial score (nSPS) is 11.6. The fourth-order valence-electron chi connectivity index (χ4n) is 1.24. The molecular weight excluding hydrogens is 287 g/mol. The summed E-state index contributed by atoms with van der Waals surface area (Å²) in [6, 6.07) is 1.50. The Labute approximate surface area is 113 Å². The summed E-state index contributed by atoms with van der Waals surface area (Å²) in [5.74, 6) is 0.978. The topological polar surface area (TPSA) is 37.8 Å². The van der Waals surface area contributed by atoms with Crippen molar-refractivity contribution in [1.29, 1.82) is 0 Å². The van der Waals surface area contributed by atoms with Crippen molar-refractivity contribution in [3.8, 4) is 0 Å². The van der Waals surface area contributed by atoms with Gasteiger partial charge in [-0.1, -0.05) is 18.5 Å². The minimum atomic E-state index is -4.20. The lowest BCUT2D eigenvalue weighted by molar-refractivity contribution is -0.0327. The number of hydrogen-bond donors (Lipinski definition) is 1. The first kappa shape index (κ1) is 15.4. The van der Waals surface area contributed by atoms with Gasteiger partial charge in [-0.05, 0) is 18.2 Å². The zero-order valence-corrected chi connectivity index (χ0v) is 11.3. The second-order valence-electron chi connectivity index (χ2n) is 3.46. The molecule has 0 aliphatic carbocycles. The number of anilines is 1. The first-order valence-electron chi connectivity index (χ1n) is 5.38. The van der Waals surface area contributed by atoms with E-state index < -0.39 is 5.51 Å². The summed E-state index contributed by atoms with van der Waals surface area (Å²) in [6.07, 6.45) is 1.57. The van der Waals surface area contributed by atoms with Crippen molar-refractivity contribution in [1.82, 2.24) is 9.97 Å². The molecule has 0 atom stereocenters. The maximum Gasteiger partial charge on any atom is 0.441 e. The van der Waals surface area contributed by atoms with E-state index in [1.165, 1.54) is 6.07 Å². The highest BCUT2D eigenvalue weighted by molar-refractivity contribution is 8.00.